The second-order valence-electron chi connectivity index (χ2n) is 4.70. The molecule has 0 aromatic heterocycles. The minimum Gasteiger partial charge on any atom is -0.397 e. The lowest BCUT2D eigenvalue weighted by molar-refractivity contribution is 0.631. The van der Waals surface area contributed by atoms with Crippen molar-refractivity contribution in [2.45, 2.75) is 6.54 Å². The number of hydrogen-bond acceptors (Lipinski definition) is 2. The second-order valence-corrected chi connectivity index (χ2v) is 4.70. The van der Waals surface area contributed by atoms with E-state index in [1.54, 1.807) is 12.1 Å². The fourth-order valence-corrected chi connectivity index (χ4v) is 2.36. The summed E-state index contributed by atoms with van der Waals surface area (Å²) in [4.78, 5) is 0. The summed E-state index contributed by atoms with van der Waals surface area (Å²) < 4.78 is 13.7. The molecular weight excluding hydrogens is 251 g/mol. The lowest BCUT2D eigenvalue weighted by Crippen LogP contribution is -2.05. The summed E-state index contributed by atoms with van der Waals surface area (Å²) in [6.45, 7) is 0.534. The highest BCUT2D eigenvalue weighted by molar-refractivity contribution is 5.86. The van der Waals surface area contributed by atoms with Gasteiger partial charge < -0.3 is 11.1 Å². The van der Waals surface area contributed by atoms with Gasteiger partial charge in [-0.05, 0) is 28.5 Å². The molecule has 0 saturated heterocycles. The van der Waals surface area contributed by atoms with Gasteiger partial charge in [-0.1, -0.05) is 48.5 Å². The number of hydrogen-bond donors (Lipinski definition) is 2. The van der Waals surface area contributed by atoms with E-state index in [1.807, 2.05) is 24.3 Å². The summed E-state index contributed by atoms with van der Waals surface area (Å²) in [6, 6.07) is 18.9. The monoisotopic (exact) mass is 266 g/mol. The number of nitrogens with two attached hydrogens (primary N) is 1. The van der Waals surface area contributed by atoms with E-state index in [2.05, 4.69) is 23.5 Å². The number of para-hydroxylation sites is 1. The van der Waals surface area contributed by atoms with Crippen LogP contribution in [0.15, 0.2) is 60.7 Å². The number of anilines is 2. The van der Waals surface area contributed by atoms with Crippen molar-refractivity contribution in [2.24, 2.45) is 0 Å². The first-order valence-corrected chi connectivity index (χ1v) is 6.50. The fraction of sp³-hybridized carbons (Fsp3) is 0.0588. The van der Waals surface area contributed by atoms with E-state index >= 15 is 0 Å². The Balaban J connectivity index is 1.91. The average Bonchev–Trinajstić information content (AvgIpc) is 2.47. The summed E-state index contributed by atoms with van der Waals surface area (Å²) >= 11 is 0. The van der Waals surface area contributed by atoms with E-state index in [9.17, 15) is 4.39 Å². The molecule has 0 atom stereocenters. The molecule has 0 bridgehead atoms. The molecule has 3 rings (SSSR count). The van der Waals surface area contributed by atoms with Gasteiger partial charge in [-0.25, -0.2) is 4.39 Å². The van der Waals surface area contributed by atoms with Gasteiger partial charge in [-0.15, -0.1) is 0 Å². The lowest BCUT2D eigenvalue weighted by atomic mass is 10.0. The summed E-state index contributed by atoms with van der Waals surface area (Å²) in [7, 11) is 0. The van der Waals surface area contributed by atoms with E-state index in [-0.39, 0.29) is 5.82 Å². The minimum atomic E-state index is -0.328. The molecule has 0 radical (unpaired) electrons. The molecule has 3 aromatic rings. The molecule has 0 fully saturated rings. The highest BCUT2D eigenvalue weighted by atomic mass is 19.1. The van der Waals surface area contributed by atoms with Crippen molar-refractivity contribution in [1.29, 1.82) is 0 Å². The van der Waals surface area contributed by atoms with Crippen LogP contribution in [0.2, 0.25) is 0 Å². The third-order valence-corrected chi connectivity index (χ3v) is 3.38. The first kappa shape index (κ1) is 12.5. The molecule has 2 nitrogen and oxygen atoms in total. The predicted octanol–water partition coefficient (Wildman–Crippen LogP) is 4.17. The molecule has 0 aliphatic carbocycles. The van der Waals surface area contributed by atoms with Crippen molar-refractivity contribution in [3.8, 4) is 0 Å². The van der Waals surface area contributed by atoms with E-state index in [4.69, 9.17) is 5.73 Å². The topological polar surface area (TPSA) is 38.0 Å². The van der Waals surface area contributed by atoms with Crippen LogP contribution in [0.1, 0.15) is 5.56 Å². The Kier molecular flexibility index (Phi) is 3.25. The largest absolute Gasteiger partial charge is 0.397 e. The zero-order valence-electron chi connectivity index (χ0n) is 10.9. The molecule has 0 aliphatic heterocycles. The Morgan fingerprint density at radius 3 is 2.50 bits per heavy atom. The van der Waals surface area contributed by atoms with Gasteiger partial charge in [0.05, 0.1) is 11.4 Å². The molecular formula is C17H15FN2. The van der Waals surface area contributed by atoms with Crippen LogP contribution >= 0.6 is 0 Å². The van der Waals surface area contributed by atoms with Crippen LogP contribution < -0.4 is 11.1 Å². The van der Waals surface area contributed by atoms with E-state index in [1.165, 1.54) is 11.5 Å². The maximum Gasteiger partial charge on any atom is 0.148 e. The number of nitrogen functional groups attached to an aromatic ring is 1. The van der Waals surface area contributed by atoms with Gasteiger partial charge in [0, 0.05) is 6.54 Å². The van der Waals surface area contributed by atoms with Crippen LogP contribution in [-0.2, 0) is 6.54 Å². The summed E-state index contributed by atoms with van der Waals surface area (Å²) in [5.74, 6) is -0.328. The van der Waals surface area contributed by atoms with E-state index < -0.39 is 0 Å². The first-order valence-electron chi connectivity index (χ1n) is 6.50. The van der Waals surface area contributed by atoms with Gasteiger partial charge in [-0.2, -0.15) is 0 Å². The molecule has 3 aromatic carbocycles. The summed E-state index contributed by atoms with van der Waals surface area (Å²) in [5.41, 5.74) is 7.70. The van der Waals surface area contributed by atoms with Crippen LogP contribution in [0.3, 0.4) is 0 Å². The molecule has 3 N–H and O–H groups in total. The third kappa shape index (κ3) is 2.30. The minimum absolute atomic E-state index is 0.328. The maximum absolute atomic E-state index is 13.7. The van der Waals surface area contributed by atoms with Gasteiger partial charge in [0.15, 0.2) is 0 Å². The van der Waals surface area contributed by atoms with Crippen LogP contribution in [0.4, 0.5) is 15.8 Å². The maximum atomic E-state index is 13.7. The third-order valence-electron chi connectivity index (χ3n) is 3.38. The Morgan fingerprint density at radius 2 is 1.65 bits per heavy atom. The van der Waals surface area contributed by atoms with Crippen molar-refractivity contribution in [1.82, 2.24) is 0 Å². The van der Waals surface area contributed by atoms with Crippen molar-refractivity contribution < 1.29 is 4.39 Å². The Morgan fingerprint density at radius 1 is 0.900 bits per heavy atom. The van der Waals surface area contributed by atoms with Gasteiger partial charge in [-0.3, -0.25) is 0 Å². The number of nitrogens with one attached hydrogen (secondary N) is 1. The highest BCUT2D eigenvalue weighted by Gasteiger charge is 2.06. The molecule has 0 amide bonds. The van der Waals surface area contributed by atoms with Gasteiger partial charge in [0.2, 0.25) is 0 Å². The van der Waals surface area contributed by atoms with Gasteiger partial charge in [0.1, 0.15) is 5.82 Å². The highest BCUT2D eigenvalue weighted by Crippen LogP contribution is 2.24. The molecule has 0 spiro atoms. The van der Waals surface area contributed by atoms with Crippen molar-refractivity contribution >= 4 is 22.1 Å². The molecule has 0 unspecified atom stereocenters. The van der Waals surface area contributed by atoms with Crippen LogP contribution in [0.5, 0.6) is 0 Å². The smallest absolute Gasteiger partial charge is 0.148 e. The molecule has 0 saturated carbocycles. The molecule has 0 aliphatic rings. The molecule has 0 heterocycles. The summed E-state index contributed by atoms with van der Waals surface area (Å²) in [6.07, 6.45) is 0. The van der Waals surface area contributed by atoms with E-state index in [0.717, 1.165) is 10.9 Å². The number of benzene rings is 3. The standard InChI is InChI=1S/C17H15FN2/c18-15-9-4-10-16(19)17(15)20-11-13-7-3-6-12-5-1-2-8-14(12)13/h1-10,20H,11,19H2. The zero-order chi connectivity index (χ0) is 13.9. The SMILES string of the molecule is Nc1cccc(F)c1NCc1cccc2ccccc12. The quantitative estimate of drug-likeness (QED) is 0.698. The normalized spacial score (nSPS) is 10.7. The number of fused-ring (bicyclic) bond motifs is 1. The number of rotatable bonds is 3. The number of halogens is 1. The van der Waals surface area contributed by atoms with Crippen LogP contribution in [0, 0.1) is 5.82 Å². The van der Waals surface area contributed by atoms with Crippen molar-refractivity contribution in [3.63, 3.8) is 0 Å². The molecule has 100 valence electrons. The van der Waals surface area contributed by atoms with Crippen molar-refractivity contribution in [3.05, 3.63) is 72.0 Å². The lowest BCUT2D eigenvalue weighted by Gasteiger charge is -2.12. The van der Waals surface area contributed by atoms with Crippen LogP contribution in [0.25, 0.3) is 10.8 Å². The molecule has 20 heavy (non-hydrogen) atoms. The predicted molar refractivity (Wildman–Crippen MR) is 82.1 cm³/mol. The van der Waals surface area contributed by atoms with Gasteiger partial charge in [0.25, 0.3) is 0 Å². The average molecular weight is 266 g/mol. The Labute approximate surface area is 117 Å². The van der Waals surface area contributed by atoms with Crippen molar-refractivity contribution in [2.75, 3.05) is 11.1 Å². The Bertz CT molecular complexity index is 727. The summed E-state index contributed by atoms with van der Waals surface area (Å²) in [5, 5.41) is 5.43. The zero-order valence-corrected chi connectivity index (χ0v) is 10.9. The van der Waals surface area contributed by atoms with Crippen LogP contribution in [-0.4, -0.2) is 0 Å². The second kappa shape index (κ2) is 5.21. The first-order chi connectivity index (χ1) is 9.75. The Hall–Kier alpha value is -2.55. The molecule has 3 heteroatoms. The van der Waals surface area contributed by atoms with Gasteiger partial charge >= 0.3 is 0 Å². The fourth-order valence-electron chi connectivity index (χ4n) is 2.36. The van der Waals surface area contributed by atoms with E-state index in [0.29, 0.717) is 17.9 Å².